The molecule has 4 rings (SSSR count). The van der Waals surface area contributed by atoms with Crippen LogP contribution in [-0.2, 0) is 10.0 Å². The van der Waals surface area contributed by atoms with Gasteiger partial charge in [-0.1, -0.05) is 12.1 Å². The number of hydrogen-bond donors (Lipinski definition) is 1. The zero-order chi connectivity index (χ0) is 19.7. The number of furan rings is 1. The molecule has 0 aliphatic heterocycles. The second-order valence-corrected chi connectivity index (χ2v) is 7.95. The Morgan fingerprint density at radius 2 is 1.86 bits per heavy atom. The van der Waals surface area contributed by atoms with Crippen molar-refractivity contribution in [3.05, 3.63) is 72.2 Å². The van der Waals surface area contributed by atoms with Gasteiger partial charge in [-0.25, -0.2) is 13.1 Å². The van der Waals surface area contributed by atoms with Gasteiger partial charge in [0.25, 0.3) is 10.0 Å². The fourth-order valence-corrected chi connectivity index (χ4v) is 4.06. The Balaban J connectivity index is 1.68. The van der Waals surface area contributed by atoms with Gasteiger partial charge in [-0.05, 0) is 72.3 Å². The van der Waals surface area contributed by atoms with Gasteiger partial charge >= 0.3 is 0 Å². The average molecular weight is 395 g/mol. The highest BCUT2D eigenvalue weighted by atomic mass is 32.2. The smallest absolute Gasteiger partial charge is 0.261 e. The van der Waals surface area contributed by atoms with Crippen molar-refractivity contribution in [1.29, 1.82) is 0 Å². The van der Waals surface area contributed by atoms with E-state index in [2.05, 4.69) is 20.2 Å². The first-order chi connectivity index (χ1) is 13.4. The lowest BCUT2D eigenvalue weighted by Gasteiger charge is -2.13. The van der Waals surface area contributed by atoms with Gasteiger partial charge in [0.2, 0.25) is 0 Å². The van der Waals surface area contributed by atoms with Gasteiger partial charge in [0.1, 0.15) is 17.8 Å². The van der Waals surface area contributed by atoms with Crippen molar-refractivity contribution in [2.75, 3.05) is 4.72 Å². The largest absolute Gasteiger partial charge is 0.461 e. The third-order valence-corrected chi connectivity index (χ3v) is 5.61. The quantitative estimate of drug-likeness (QED) is 0.556. The molecule has 0 amide bonds. The summed E-state index contributed by atoms with van der Waals surface area (Å²) in [6, 6.07) is 15.5. The van der Waals surface area contributed by atoms with Crippen molar-refractivity contribution in [2.45, 2.75) is 18.7 Å². The van der Waals surface area contributed by atoms with E-state index in [1.54, 1.807) is 31.2 Å². The van der Waals surface area contributed by atoms with Gasteiger partial charge in [-0.15, -0.1) is 5.10 Å². The second-order valence-electron chi connectivity index (χ2n) is 6.26. The molecular weight excluding hydrogens is 378 g/mol. The summed E-state index contributed by atoms with van der Waals surface area (Å²) in [4.78, 5) is 0.146. The number of benzene rings is 2. The predicted octanol–water partition coefficient (Wildman–Crippen LogP) is 3.34. The number of aromatic nitrogens is 4. The molecule has 0 saturated carbocycles. The Morgan fingerprint density at radius 3 is 2.54 bits per heavy atom. The molecule has 0 radical (unpaired) electrons. The van der Waals surface area contributed by atoms with Gasteiger partial charge in [0.15, 0.2) is 0 Å². The molecule has 0 spiro atoms. The molecule has 0 fully saturated rings. The van der Waals surface area contributed by atoms with Crippen LogP contribution in [0.5, 0.6) is 0 Å². The molecule has 0 unspecified atom stereocenters. The van der Waals surface area contributed by atoms with Crippen molar-refractivity contribution in [3.63, 3.8) is 0 Å². The Kier molecular flexibility index (Phi) is 4.44. The van der Waals surface area contributed by atoms with Crippen LogP contribution >= 0.6 is 0 Å². The first-order valence-electron chi connectivity index (χ1n) is 8.47. The molecule has 0 atom stereocenters. The Labute approximate surface area is 161 Å². The molecule has 9 heteroatoms. The molecular formula is C19H17N5O3S. The summed E-state index contributed by atoms with van der Waals surface area (Å²) in [5.74, 6) is 1.35. The maximum absolute atomic E-state index is 13.0. The van der Waals surface area contributed by atoms with Crippen molar-refractivity contribution in [1.82, 2.24) is 20.2 Å². The summed E-state index contributed by atoms with van der Waals surface area (Å²) >= 11 is 0. The molecule has 2 aromatic carbocycles. The number of tetrazole rings is 1. The lowest BCUT2D eigenvalue weighted by atomic mass is 10.1. The fraction of sp³-hybridized carbons (Fsp3) is 0.105. The van der Waals surface area contributed by atoms with Crippen LogP contribution in [0.3, 0.4) is 0 Å². The second kappa shape index (κ2) is 6.93. The fourth-order valence-electron chi connectivity index (χ4n) is 2.89. The number of nitrogens with one attached hydrogen (secondary N) is 1. The summed E-state index contributed by atoms with van der Waals surface area (Å²) in [6.07, 6.45) is 1.45. The first-order valence-corrected chi connectivity index (χ1v) is 9.95. The molecule has 1 N–H and O–H groups in total. The standard InChI is InChI=1S/C19H17N5O3S/c1-13-11-15(8-9-18(13)24-12-20-22-23-24)28(25,26)21-17-6-4-3-5-16(17)19-10-7-14(2)27-19/h3-12,21H,1-2H3. The number of hydrogen-bond acceptors (Lipinski definition) is 6. The highest BCUT2D eigenvalue weighted by molar-refractivity contribution is 7.92. The van der Waals surface area contributed by atoms with Gasteiger partial charge in [-0.3, -0.25) is 4.72 Å². The zero-order valence-electron chi connectivity index (χ0n) is 15.2. The normalized spacial score (nSPS) is 11.5. The number of aryl methyl sites for hydroxylation is 2. The number of rotatable bonds is 5. The van der Waals surface area contributed by atoms with E-state index in [-0.39, 0.29) is 4.90 Å². The molecule has 0 bridgehead atoms. The van der Waals surface area contributed by atoms with E-state index in [0.29, 0.717) is 22.7 Å². The van der Waals surface area contributed by atoms with Crippen LogP contribution in [0.4, 0.5) is 5.69 Å². The monoisotopic (exact) mass is 395 g/mol. The molecule has 8 nitrogen and oxygen atoms in total. The van der Waals surface area contributed by atoms with Crippen LogP contribution < -0.4 is 4.72 Å². The van der Waals surface area contributed by atoms with Crippen molar-refractivity contribution < 1.29 is 12.8 Å². The Hall–Kier alpha value is -3.46. The summed E-state index contributed by atoms with van der Waals surface area (Å²) in [5, 5.41) is 11.0. The van der Waals surface area contributed by atoms with Crippen molar-refractivity contribution in [2.24, 2.45) is 0 Å². The van der Waals surface area contributed by atoms with Crippen molar-refractivity contribution in [3.8, 4) is 17.0 Å². The number of sulfonamides is 1. The lowest BCUT2D eigenvalue weighted by molar-refractivity contribution is 0.548. The topological polar surface area (TPSA) is 103 Å². The van der Waals surface area contributed by atoms with Crippen molar-refractivity contribution >= 4 is 15.7 Å². The lowest BCUT2D eigenvalue weighted by Crippen LogP contribution is -2.14. The van der Waals surface area contributed by atoms with Crippen LogP contribution in [0.2, 0.25) is 0 Å². The maximum atomic E-state index is 13.0. The predicted molar refractivity (Wildman–Crippen MR) is 104 cm³/mol. The van der Waals surface area contributed by atoms with E-state index >= 15 is 0 Å². The Bertz CT molecular complexity index is 1230. The van der Waals surface area contributed by atoms with E-state index in [4.69, 9.17) is 4.42 Å². The molecule has 2 aromatic heterocycles. The van der Waals surface area contributed by atoms with Gasteiger partial charge in [0.05, 0.1) is 16.3 Å². The van der Waals surface area contributed by atoms with Crippen LogP contribution in [0.25, 0.3) is 17.0 Å². The number of para-hydroxylation sites is 1. The number of anilines is 1. The summed E-state index contributed by atoms with van der Waals surface area (Å²) in [7, 11) is -3.80. The minimum atomic E-state index is -3.80. The molecule has 0 aliphatic rings. The third-order valence-electron chi connectivity index (χ3n) is 4.25. The van der Waals surface area contributed by atoms with Crippen LogP contribution in [0.1, 0.15) is 11.3 Å². The molecule has 2 heterocycles. The number of nitrogens with zero attached hydrogens (tertiary/aromatic N) is 4. The molecule has 4 aromatic rings. The molecule has 28 heavy (non-hydrogen) atoms. The first kappa shape index (κ1) is 17.9. The molecule has 0 saturated heterocycles. The molecule has 0 aliphatic carbocycles. The van der Waals surface area contributed by atoms with Crippen LogP contribution in [0, 0.1) is 13.8 Å². The Morgan fingerprint density at radius 1 is 1.04 bits per heavy atom. The SMILES string of the molecule is Cc1ccc(-c2ccccc2NS(=O)(=O)c2ccc(-n3cnnn3)c(C)c2)o1. The third kappa shape index (κ3) is 3.39. The zero-order valence-corrected chi connectivity index (χ0v) is 16.0. The average Bonchev–Trinajstić information content (AvgIpc) is 3.34. The highest BCUT2D eigenvalue weighted by Crippen LogP contribution is 2.31. The van der Waals surface area contributed by atoms with Crippen LogP contribution in [-0.4, -0.2) is 28.6 Å². The summed E-state index contributed by atoms with van der Waals surface area (Å²) in [5.41, 5.74) is 2.54. The van der Waals surface area contributed by atoms with Gasteiger partial charge in [-0.2, -0.15) is 0 Å². The van der Waals surface area contributed by atoms with E-state index < -0.39 is 10.0 Å². The van der Waals surface area contributed by atoms with Crippen LogP contribution in [0.15, 0.2) is 70.2 Å². The molecule has 142 valence electrons. The summed E-state index contributed by atoms with van der Waals surface area (Å²) in [6.45, 7) is 3.64. The van der Waals surface area contributed by atoms with E-state index in [1.165, 1.54) is 17.1 Å². The minimum Gasteiger partial charge on any atom is -0.461 e. The van der Waals surface area contributed by atoms with E-state index in [0.717, 1.165) is 11.3 Å². The van der Waals surface area contributed by atoms with E-state index in [9.17, 15) is 8.42 Å². The summed E-state index contributed by atoms with van der Waals surface area (Å²) < 4.78 is 35.7. The minimum absolute atomic E-state index is 0.146. The van der Waals surface area contributed by atoms with Gasteiger partial charge < -0.3 is 4.42 Å². The maximum Gasteiger partial charge on any atom is 0.261 e. The highest BCUT2D eigenvalue weighted by Gasteiger charge is 2.19. The van der Waals surface area contributed by atoms with E-state index in [1.807, 2.05) is 31.2 Å². The van der Waals surface area contributed by atoms with Gasteiger partial charge in [0, 0.05) is 5.56 Å².